The highest BCUT2D eigenvalue weighted by Gasteiger charge is 2.35. The maximum absolute atomic E-state index is 12.3. The van der Waals surface area contributed by atoms with Gasteiger partial charge in [0.05, 0.1) is 11.4 Å². The van der Waals surface area contributed by atoms with Crippen LogP contribution in [-0.4, -0.2) is 29.2 Å². The zero-order chi connectivity index (χ0) is 16.2. The minimum atomic E-state index is -0.317. The molecule has 1 saturated heterocycles. The second-order valence-corrected chi connectivity index (χ2v) is 6.69. The van der Waals surface area contributed by atoms with Crippen molar-refractivity contribution >= 4 is 51.6 Å². The molecule has 2 heterocycles. The molecular formula is C16H12INO4S. The Balaban J connectivity index is 1.61. The van der Waals surface area contributed by atoms with Gasteiger partial charge in [-0.15, -0.1) is 0 Å². The number of carbonyl (C=O) groups excluding carboxylic acids is 2. The predicted octanol–water partition coefficient (Wildman–Crippen LogP) is 4.00. The van der Waals surface area contributed by atoms with Crippen LogP contribution in [0.2, 0.25) is 0 Å². The molecule has 23 heavy (non-hydrogen) atoms. The smallest absolute Gasteiger partial charge is 0.293 e. The first-order valence-corrected chi connectivity index (χ1v) is 8.71. The molecule has 1 fully saturated rings. The van der Waals surface area contributed by atoms with Crippen molar-refractivity contribution in [2.75, 3.05) is 13.2 Å². The zero-order valence-electron chi connectivity index (χ0n) is 11.9. The molecule has 3 rings (SSSR count). The van der Waals surface area contributed by atoms with E-state index in [2.05, 4.69) is 0 Å². The number of amides is 2. The Kier molecular flexibility index (Phi) is 5.06. The van der Waals surface area contributed by atoms with Crippen molar-refractivity contribution in [1.82, 2.24) is 4.90 Å². The van der Waals surface area contributed by atoms with E-state index in [0.717, 1.165) is 15.5 Å². The third kappa shape index (κ3) is 3.97. The Morgan fingerprint density at radius 3 is 2.65 bits per heavy atom. The lowest BCUT2D eigenvalue weighted by atomic mass is 10.3. The van der Waals surface area contributed by atoms with Crippen LogP contribution in [-0.2, 0) is 4.79 Å². The zero-order valence-corrected chi connectivity index (χ0v) is 14.9. The summed E-state index contributed by atoms with van der Waals surface area (Å²) in [5.41, 5.74) is 0. The average Bonchev–Trinajstić information content (AvgIpc) is 3.06. The summed E-state index contributed by atoms with van der Waals surface area (Å²) in [4.78, 5) is 25.8. The largest absolute Gasteiger partial charge is 0.492 e. The molecule has 0 N–H and O–H groups in total. The van der Waals surface area contributed by atoms with Crippen LogP contribution in [0.1, 0.15) is 5.76 Å². The summed E-state index contributed by atoms with van der Waals surface area (Å²) in [6.07, 6.45) is 1.59. The van der Waals surface area contributed by atoms with E-state index in [4.69, 9.17) is 9.15 Å². The van der Waals surface area contributed by atoms with Gasteiger partial charge in [0.1, 0.15) is 18.1 Å². The number of nitrogens with zero attached hydrogens (tertiary/aromatic N) is 1. The summed E-state index contributed by atoms with van der Waals surface area (Å²) in [6.45, 7) is 0.473. The van der Waals surface area contributed by atoms with Gasteiger partial charge in [-0.25, -0.2) is 0 Å². The van der Waals surface area contributed by atoms with Crippen LogP contribution < -0.4 is 4.74 Å². The van der Waals surface area contributed by atoms with Gasteiger partial charge in [0.25, 0.3) is 11.1 Å². The first-order chi connectivity index (χ1) is 11.1. The summed E-state index contributed by atoms with van der Waals surface area (Å²) < 4.78 is 11.6. The molecule has 1 aromatic carbocycles. The first-order valence-electron chi connectivity index (χ1n) is 6.82. The SMILES string of the molecule is O=C1SC(=Cc2ccc(I)o2)C(=O)N1CCOc1ccccc1. The number of para-hydroxylation sites is 1. The molecule has 2 amide bonds. The lowest BCUT2D eigenvalue weighted by Gasteiger charge is -2.13. The fourth-order valence-electron chi connectivity index (χ4n) is 2.00. The van der Waals surface area contributed by atoms with Gasteiger partial charge in [-0.3, -0.25) is 14.5 Å². The molecule has 5 nitrogen and oxygen atoms in total. The minimum Gasteiger partial charge on any atom is -0.492 e. The van der Waals surface area contributed by atoms with Crippen LogP contribution >= 0.6 is 34.4 Å². The lowest BCUT2D eigenvalue weighted by molar-refractivity contribution is -0.123. The fraction of sp³-hybridized carbons (Fsp3) is 0.125. The number of furan rings is 1. The normalized spacial score (nSPS) is 16.4. The van der Waals surface area contributed by atoms with Crippen LogP contribution in [0.25, 0.3) is 6.08 Å². The standard InChI is InChI=1S/C16H12INO4S/c17-14-7-6-12(22-14)10-13-15(19)18(16(20)23-13)8-9-21-11-4-2-1-3-5-11/h1-7,10H,8-9H2. The molecule has 0 bridgehead atoms. The number of hydrogen-bond acceptors (Lipinski definition) is 5. The van der Waals surface area contributed by atoms with E-state index < -0.39 is 0 Å². The van der Waals surface area contributed by atoms with E-state index >= 15 is 0 Å². The summed E-state index contributed by atoms with van der Waals surface area (Å²) in [5, 5.41) is -0.292. The molecule has 1 aromatic heterocycles. The van der Waals surface area contributed by atoms with Crippen molar-refractivity contribution in [3.8, 4) is 5.75 Å². The number of halogens is 1. The van der Waals surface area contributed by atoms with Gasteiger partial charge < -0.3 is 9.15 Å². The van der Waals surface area contributed by atoms with Gasteiger partial charge in [0.2, 0.25) is 0 Å². The number of ether oxygens (including phenoxy) is 1. The third-order valence-electron chi connectivity index (χ3n) is 3.07. The molecule has 0 unspecified atom stereocenters. The molecule has 1 aliphatic heterocycles. The molecule has 0 spiro atoms. The van der Waals surface area contributed by atoms with Crippen LogP contribution in [0.3, 0.4) is 0 Å². The first kappa shape index (κ1) is 16.1. The van der Waals surface area contributed by atoms with Crippen LogP contribution in [0.4, 0.5) is 4.79 Å². The third-order valence-corrected chi connectivity index (χ3v) is 4.55. The Bertz CT molecular complexity index is 756. The van der Waals surface area contributed by atoms with Crippen molar-refractivity contribution < 1.29 is 18.7 Å². The fourth-order valence-corrected chi connectivity index (χ4v) is 3.28. The molecule has 0 atom stereocenters. The molecule has 0 radical (unpaired) electrons. The average molecular weight is 441 g/mol. The van der Waals surface area contributed by atoms with Gasteiger partial charge in [0.15, 0.2) is 3.77 Å². The summed E-state index contributed by atoms with van der Waals surface area (Å²) in [6, 6.07) is 12.8. The molecule has 7 heteroatoms. The van der Waals surface area contributed by atoms with Gasteiger partial charge >= 0.3 is 0 Å². The van der Waals surface area contributed by atoms with Crippen LogP contribution in [0.5, 0.6) is 5.75 Å². The second kappa shape index (κ2) is 7.22. The Morgan fingerprint density at radius 1 is 1.17 bits per heavy atom. The van der Waals surface area contributed by atoms with E-state index in [1.807, 2.05) is 52.9 Å². The Morgan fingerprint density at radius 2 is 1.96 bits per heavy atom. The highest BCUT2D eigenvalue weighted by atomic mass is 127. The van der Waals surface area contributed by atoms with Crippen molar-refractivity contribution in [3.63, 3.8) is 0 Å². The number of rotatable bonds is 5. The Labute approximate surface area is 150 Å². The van der Waals surface area contributed by atoms with Crippen molar-refractivity contribution in [2.24, 2.45) is 0 Å². The van der Waals surface area contributed by atoms with Gasteiger partial charge in [-0.05, 0) is 58.6 Å². The van der Waals surface area contributed by atoms with E-state index in [1.54, 1.807) is 18.2 Å². The summed E-state index contributed by atoms with van der Waals surface area (Å²) >= 11 is 2.96. The minimum absolute atomic E-state index is 0.215. The van der Waals surface area contributed by atoms with E-state index in [1.165, 1.54) is 4.90 Å². The van der Waals surface area contributed by atoms with Gasteiger partial charge in [0, 0.05) is 6.08 Å². The number of carbonyl (C=O) groups is 2. The van der Waals surface area contributed by atoms with Crippen molar-refractivity contribution in [2.45, 2.75) is 0 Å². The quantitative estimate of drug-likeness (QED) is 0.519. The van der Waals surface area contributed by atoms with Gasteiger partial charge in [-0.1, -0.05) is 18.2 Å². The topological polar surface area (TPSA) is 59.8 Å². The molecule has 2 aromatic rings. The maximum Gasteiger partial charge on any atom is 0.293 e. The number of benzene rings is 1. The van der Waals surface area contributed by atoms with Crippen molar-refractivity contribution in [1.29, 1.82) is 0 Å². The number of imide groups is 1. The molecule has 1 aliphatic rings. The molecule has 0 saturated carbocycles. The summed E-state index contributed by atoms with van der Waals surface area (Å²) in [7, 11) is 0. The Hall–Kier alpha value is -1.74. The summed E-state index contributed by atoms with van der Waals surface area (Å²) in [5.74, 6) is 0.948. The highest BCUT2D eigenvalue weighted by molar-refractivity contribution is 14.1. The monoisotopic (exact) mass is 441 g/mol. The van der Waals surface area contributed by atoms with Crippen molar-refractivity contribution in [3.05, 3.63) is 56.9 Å². The molecule has 0 aliphatic carbocycles. The highest BCUT2D eigenvalue weighted by Crippen LogP contribution is 2.32. The predicted molar refractivity (Wildman–Crippen MR) is 96.0 cm³/mol. The number of hydrogen-bond donors (Lipinski definition) is 0. The molecular weight excluding hydrogens is 429 g/mol. The van der Waals surface area contributed by atoms with E-state index in [0.29, 0.717) is 16.4 Å². The maximum atomic E-state index is 12.3. The number of thioether (sulfide) groups is 1. The molecule has 118 valence electrons. The van der Waals surface area contributed by atoms with E-state index in [9.17, 15) is 9.59 Å². The lowest BCUT2D eigenvalue weighted by Crippen LogP contribution is -2.32. The van der Waals surface area contributed by atoms with E-state index in [-0.39, 0.29) is 24.3 Å². The van der Waals surface area contributed by atoms with Gasteiger partial charge in [-0.2, -0.15) is 0 Å². The second-order valence-electron chi connectivity index (χ2n) is 4.64. The van der Waals surface area contributed by atoms with Crippen LogP contribution in [0, 0.1) is 3.77 Å². The van der Waals surface area contributed by atoms with Crippen LogP contribution in [0.15, 0.2) is 51.8 Å².